The van der Waals surface area contributed by atoms with E-state index in [1.807, 2.05) is 0 Å². The molecule has 1 amide bonds. The van der Waals surface area contributed by atoms with Gasteiger partial charge in [-0.15, -0.1) is 11.3 Å². The fraction of sp³-hybridized carbons (Fsp3) is 0.250. The predicted molar refractivity (Wildman–Crippen MR) is 115 cm³/mol. The predicted octanol–water partition coefficient (Wildman–Crippen LogP) is 5.59. The first-order valence-electron chi connectivity index (χ1n) is 8.65. The maximum absolute atomic E-state index is 12.8. The summed E-state index contributed by atoms with van der Waals surface area (Å²) in [5.41, 5.74) is 8.27. The van der Waals surface area contributed by atoms with Crippen molar-refractivity contribution in [2.45, 2.75) is 26.7 Å². The maximum Gasteiger partial charge on any atom is 0.267 e. The van der Waals surface area contributed by atoms with Crippen LogP contribution in [0.2, 0.25) is 10.0 Å². The molecular formula is C20H17Cl2N3O2S. The minimum absolute atomic E-state index is 0.0609. The van der Waals surface area contributed by atoms with Crippen LogP contribution in [0.5, 0.6) is 0 Å². The Kier molecular flexibility index (Phi) is 4.61. The van der Waals surface area contributed by atoms with Gasteiger partial charge in [0.15, 0.2) is 5.78 Å². The normalized spacial score (nSPS) is 15.5. The average Bonchev–Trinajstić information content (AvgIpc) is 2.87. The van der Waals surface area contributed by atoms with Gasteiger partial charge in [0.2, 0.25) is 0 Å². The van der Waals surface area contributed by atoms with Crippen LogP contribution in [0.1, 0.15) is 46.0 Å². The molecule has 3 aromatic rings. The van der Waals surface area contributed by atoms with Gasteiger partial charge in [0, 0.05) is 33.1 Å². The first-order chi connectivity index (χ1) is 13.1. The molecule has 0 saturated carbocycles. The van der Waals surface area contributed by atoms with Crippen molar-refractivity contribution >= 4 is 67.8 Å². The highest BCUT2D eigenvalue weighted by Gasteiger charge is 2.33. The first-order valence-corrected chi connectivity index (χ1v) is 10.2. The van der Waals surface area contributed by atoms with Crippen LogP contribution in [0.3, 0.4) is 0 Å². The highest BCUT2D eigenvalue weighted by atomic mass is 35.5. The number of thiophene rings is 1. The summed E-state index contributed by atoms with van der Waals surface area (Å²) in [5.74, 6) is -0.311. The maximum atomic E-state index is 12.8. The molecule has 2 heterocycles. The van der Waals surface area contributed by atoms with E-state index in [1.165, 1.54) is 11.3 Å². The molecule has 0 bridgehead atoms. The topological polar surface area (TPSA) is 85.1 Å². The van der Waals surface area contributed by atoms with E-state index in [0.717, 1.165) is 5.69 Å². The van der Waals surface area contributed by atoms with Crippen LogP contribution in [-0.2, 0) is 6.42 Å². The number of nitrogen functional groups attached to an aromatic ring is 1. The lowest BCUT2D eigenvalue weighted by molar-refractivity contribution is 0.0910. The zero-order valence-corrected chi connectivity index (χ0v) is 17.6. The third-order valence-electron chi connectivity index (χ3n) is 4.71. The van der Waals surface area contributed by atoms with Crippen LogP contribution in [-0.4, -0.2) is 16.7 Å². The van der Waals surface area contributed by atoms with E-state index in [9.17, 15) is 9.59 Å². The van der Waals surface area contributed by atoms with Crippen molar-refractivity contribution in [3.8, 4) is 0 Å². The Hall–Kier alpha value is -2.15. The second kappa shape index (κ2) is 6.72. The van der Waals surface area contributed by atoms with Crippen LogP contribution in [0.4, 0.5) is 11.4 Å². The molecule has 2 aromatic heterocycles. The van der Waals surface area contributed by atoms with Crippen molar-refractivity contribution in [1.29, 1.82) is 0 Å². The number of nitrogens with zero attached hydrogens (tertiary/aromatic N) is 1. The highest BCUT2D eigenvalue weighted by Crippen LogP contribution is 2.39. The smallest absolute Gasteiger partial charge is 0.267 e. The Labute approximate surface area is 175 Å². The second-order valence-electron chi connectivity index (χ2n) is 7.73. The fourth-order valence-corrected chi connectivity index (χ4v) is 5.00. The number of rotatable bonds is 2. The van der Waals surface area contributed by atoms with Crippen LogP contribution >= 0.6 is 34.5 Å². The Morgan fingerprint density at radius 1 is 1.18 bits per heavy atom. The molecule has 0 saturated heterocycles. The van der Waals surface area contributed by atoms with Crippen LogP contribution in [0, 0.1) is 5.41 Å². The number of amides is 1. The molecule has 8 heteroatoms. The van der Waals surface area contributed by atoms with Crippen LogP contribution in [0.15, 0.2) is 24.3 Å². The molecule has 28 heavy (non-hydrogen) atoms. The summed E-state index contributed by atoms with van der Waals surface area (Å²) in [4.78, 5) is 30.9. The molecule has 0 fully saturated rings. The van der Waals surface area contributed by atoms with Gasteiger partial charge < -0.3 is 11.1 Å². The molecule has 0 atom stereocenters. The summed E-state index contributed by atoms with van der Waals surface area (Å²) in [6, 6.07) is 6.56. The third kappa shape index (κ3) is 3.48. The first kappa shape index (κ1) is 19.2. The fourth-order valence-electron chi connectivity index (χ4n) is 3.48. The molecule has 1 aliphatic carbocycles. The second-order valence-corrected chi connectivity index (χ2v) is 9.61. The standard InChI is InChI=1S/C20H17Cl2N3O2S/c1-20(2)7-14-12(15(26)8-20)6-13-16(23)17(28-19(13)25-14)18(27)24-11-4-9(21)3-10(22)5-11/h3-6H,7-8,23H2,1-2H3,(H,24,27). The van der Waals surface area contributed by atoms with Gasteiger partial charge in [-0.3, -0.25) is 9.59 Å². The third-order valence-corrected chi connectivity index (χ3v) is 6.26. The molecule has 4 rings (SSSR count). The number of ketones is 1. The average molecular weight is 434 g/mol. The molecule has 1 aromatic carbocycles. The molecular weight excluding hydrogens is 417 g/mol. The number of anilines is 2. The Balaban J connectivity index is 1.73. The minimum Gasteiger partial charge on any atom is -0.397 e. The molecule has 0 unspecified atom stereocenters. The summed E-state index contributed by atoms with van der Waals surface area (Å²) >= 11 is 13.2. The van der Waals surface area contributed by atoms with Crippen molar-refractivity contribution in [3.63, 3.8) is 0 Å². The minimum atomic E-state index is -0.372. The Morgan fingerprint density at radius 2 is 1.86 bits per heavy atom. The zero-order chi connectivity index (χ0) is 20.2. The van der Waals surface area contributed by atoms with E-state index >= 15 is 0 Å². The van der Waals surface area contributed by atoms with Gasteiger partial charge in [-0.05, 0) is 36.1 Å². The van der Waals surface area contributed by atoms with Gasteiger partial charge in [-0.1, -0.05) is 37.0 Å². The number of hydrogen-bond acceptors (Lipinski definition) is 5. The number of nitrogens with one attached hydrogen (secondary N) is 1. The molecule has 0 radical (unpaired) electrons. The van der Waals surface area contributed by atoms with Gasteiger partial charge in [0.25, 0.3) is 5.91 Å². The Bertz CT molecular complexity index is 1130. The lowest BCUT2D eigenvalue weighted by Gasteiger charge is -2.29. The van der Waals surface area contributed by atoms with E-state index in [2.05, 4.69) is 24.1 Å². The van der Waals surface area contributed by atoms with Gasteiger partial charge in [0.1, 0.15) is 9.71 Å². The summed E-state index contributed by atoms with van der Waals surface area (Å²) in [6.07, 6.45) is 1.18. The van der Waals surface area contributed by atoms with Gasteiger partial charge in [-0.2, -0.15) is 0 Å². The van der Waals surface area contributed by atoms with Crippen LogP contribution < -0.4 is 11.1 Å². The number of Topliss-reactive ketones (excluding diaryl/α,β-unsaturated/α-hetero) is 1. The number of aromatic nitrogens is 1. The van der Waals surface area contributed by atoms with E-state index in [0.29, 0.717) is 54.9 Å². The molecule has 144 valence electrons. The molecule has 1 aliphatic rings. The van der Waals surface area contributed by atoms with Crippen molar-refractivity contribution in [3.05, 3.63) is 50.4 Å². The van der Waals surface area contributed by atoms with E-state index in [-0.39, 0.29) is 17.1 Å². The quantitative estimate of drug-likeness (QED) is 0.551. The van der Waals surface area contributed by atoms with Crippen molar-refractivity contribution in [1.82, 2.24) is 4.98 Å². The number of fused-ring (bicyclic) bond motifs is 2. The zero-order valence-electron chi connectivity index (χ0n) is 15.2. The summed E-state index contributed by atoms with van der Waals surface area (Å²) in [7, 11) is 0. The lowest BCUT2D eigenvalue weighted by atomic mass is 9.75. The lowest BCUT2D eigenvalue weighted by Crippen LogP contribution is -2.27. The Morgan fingerprint density at radius 3 is 2.54 bits per heavy atom. The number of benzene rings is 1. The summed E-state index contributed by atoms with van der Waals surface area (Å²) < 4.78 is 0. The monoisotopic (exact) mass is 433 g/mol. The number of hydrogen-bond donors (Lipinski definition) is 2. The SMILES string of the molecule is CC1(C)CC(=O)c2cc3c(N)c(C(=O)Nc4cc(Cl)cc(Cl)c4)sc3nc2C1. The highest BCUT2D eigenvalue weighted by molar-refractivity contribution is 7.21. The number of nitrogens with two attached hydrogens (primary N) is 1. The number of carbonyl (C=O) groups is 2. The molecule has 5 nitrogen and oxygen atoms in total. The van der Waals surface area contributed by atoms with E-state index in [4.69, 9.17) is 28.9 Å². The number of carbonyl (C=O) groups excluding carboxylic acids is 2. The number of pyridine rings is 1. The summed E-state index contributed by atoms with van der Waals surface area (Å²) in [5, 5.41) is 4.23. The van der Waals surface area contributed by atoms with Crippen molar-refractivity contribution in [2.75, 3.05) is 11.1 Å². The molecule has 0 aliphatic heterocycles. The van der Waals surface area contributed by atoms with Crippen LogP contribution in [0.25, 0.3) is 10.2 Å². The molecule has 3 N–H and O–H groups in total. The largest absolute Gasteiger partial charge is 0.397 e. The van der Waals surface area contributed by atoms with Crippen molar-refractivity contribution in [2.24, 2.45) is 5.41 Å². The van der Waals surface area contributed by atoms with Gasteiger partial charge >= 0.3 is 0 Å². The number of halogens is 2. The van der Waals surface area contributed by atoms with Gasteiger partial charge in [-0.25, -0.2) is 4.98 Å². The van der Waals surface area contributed by atoms with E-state index in [1.54, 1.807) is 24.3 Å². The van der Waals surface area contributed by atoms with Gasteiger partial charge in [0.05, 0.1) is 11.4 Å². The molecule has 0 spiro atoms. The summed E-state index contributed by atoms with van der Waals surface area (Å²) in [6.45, 7) is 4.11. The van der Waals surface area contributed by atoms with Crippen molar-refractivity contribution < 1.29 is 9.59 Å². The van der Waals surface area contributed by atoms with E-state index < -0.39 is 0 Å².